The summed E-state index contributed by atoms with van der Waals surface area (Å²) in [6, 6.07) is 10.7. The van der Waals surface area contributed by atoms with Crippen LogP contribution < -0.4 is 0 Å². The Bertz CT molecular complexity index is 1060. The fourth-order valence-electron chi connectivity index (χ4n) is 4.47. The van der Waals surface area contributed by atoms with Crippen LogP contribution in [0.2, 0.25) is 0 Å². The lowest BCUT2D eigenvalue weighted by molar-refractivity contribution is -0.0494. The van der Waals surface area contributed by atoms with Crippen LogP contribution in [0.1, 0.15) is 35.7 Å². The summed E-state index contributed by atoms with van der Waals surface area (Å²) in [6.45, 7) is 11.0. The second kappa shape index (κ2) is 8.25. The molecule has 5 nitrogen and oxygen atoms in total. The van der Waals surface area contributed by atoms with E-state index in [0.29, 0.717) is 19.6 Å². The molecule has 1 aromatic carbocycles. The van der Waals surface area contributed by atoms with Gasteiger partial charge in [0.25, 0.3) is 0 Å². The SMILES string of the molecule is C=C(O)CCOC(C)(Cn1c2c(c3cc(C)ccc31)CN(C)CC2)c1cccnc1. The lowest BCUT2D eigenvalue weighted by Crippen LogP contribution is -2.34. The van der Waals surface area contributed by atoms with E-state index in [1.807, 2.05) is 12.3 Å². The molecule has 0 bridgehead atoms. The summed E-state index contributed by atoms with van der Waals surface area (Å²) < 4.78 is 8.83. The van der Waals surface area contributed by atoms with Gasteiger partial charge in [0.05, 0.1) is 18.9 Å². The van der Waals surface area contributed by atoms with Gasteiger partial charge in [-0.15, -0.1) is 0 Å². The largest absolute Gasteiger partial charge is 0.513 e. The zero-order chi connectivity index (χ0) is 21.3. The number of likely N-dealkylation sites (N-methyl/N-ethyl adjacent to an activating group) is 1. The van der Waals surface area contributed by atoms with E-state index in [1.54, 1.807) is 6.20 Å². The Balaban J connectivity index is 1.79. The highest BCUT2D eigenvalue weighted by atomic mass is 16.5. The van der Waals surface area contributed by atoms with E-state index < -0.39 is 5.60 Å². The third kappa shape index (κ3) is 4.00. The normalized spacial score (nSPS) is 16.4. The number of fused-ring (bicyclic) bond motifs is 3. The molecule has 1 N–H and O–H groups in total. The first-order chi connectivity index (χ1) is 14.4. The van der Waals surface area contributed by atoms with Crippen LogP contribution in [0.25, 0.3) is 10.9 Å². The average molecular weight is 406 g/mol. The molecule has 0 amide bonds. The molecule has 1 atom stereocenters. The topological polar surface area (TPSA) is 50.5 Å². The number of aliphatic hydroxyl groups is 1. The molecule has 30 heavy (non-hydrogen) atoms. The number of hydrogen-bond acceptors (Lipinski definition) is 4. The zero-order valence-corrected chi connectivity index (χ0v) is 18.2. The van der Waals surface area contributed by atoms with Crippen LogP contribution in [0.5, 0.6) is 0 Å². The summed E-state index contributed by atoms with van der Waals surface area (Å²) >= 11 is 0. The molecular formula is C25H31N3O2. The van der Waals surface area contributed by atoms with Crippen molar-refractivity contribution in [2.75, 3.05) is 20.2 Å². The summed E-state index contributed by atoms with van der Waals surface area (Å²) in [5.74, 6) is 0.144. The van der Waals surface area contributed by atoms with Crippen molar-refractivity contribution in [3.8, 4) is 0 Å². The van der Waals surface area contributed by atoms with Gasteiger partial charge >= 0.3 is 0 Å². The predicted molar refractivity (Wildman–Crippen MR) is 121 cm³/mol. The van der Waals surface area contributed by atoms with E-state index >= 15 is 0 Å². The molecule has 0 fully saturated rings. The molecule has 2 aromatic heterocycles. The van der Waals surface area contributed by atoms with E-state index in [9.17, 15) is 5.11 Å². The molecule has 0 spiro atoms. The molecule has 0 aliphatic carbocycles. The van der Waals surface area contributed by atoms with Gasteiger partial charge in [-0.3, -0.25) is 4.98 Å². The van der Waals surface area contributed by atoms with Crippen molar-refractivity contribution in [3.63, 3.8) is 0 Å². The molecule has 0 saturated carbocycles. The van der Waals surface area contributed by atoms with Crippen molar-refractivity contribution in [2.45, 2.75) is 45.4 Å². The fourth-order valence-corrected chi connectivity index (χ4v) is 4.47. The minimum Gasteiger partial charge on any atom is -0.513 e. The first-order valence-electron chi connectivity index (χ1n) is 10.6. The van der Waals surface area contributed by atoms with Crippen LogP contribution in [0.15, 0.2) is 55.1 Å². The average Bonchev–Trinajstić information content (AvgIpc) is 3.00. The zero-order valence-electron chi connectivity index (χ0n) is 18.2. The quantitative estimate of drug-likeness (QED) is 0.578. The van der Waals surface area contributed by atoms with Gasteiger partial charge in [-0.1, -0.05) is 24.3 Å². The van der Waals surface area contributed by atoms with Crippen molar-refractivity contribution in [1.82, 2.24) is 14.5 Å². The summed E-state index contributed by atoms with van der Waals surface area (Å²) in [7, 11) is 2.19. The second-order valence-corrected chi connectivity index (χ2v) is 8.66. The maximum atomic E-state index is 9.53. The third-order valence-corrected chi connectivity index (χ3v) is 6.14. The maximum absolute atomic E-state index is 9.53. The fraction of sp³-hybridized carbons (Fsp3) is 0.400. The Labute approximate surface area is 178 Å². The Morgan fingerprint density at radius 2 is 2.17 bits per heavy atom. The Morgan fingerprint density at radius 1 is 1.33 bits per heavy atom. The van der Waals surface area contributed by atoms with Crippen molar-refractivity contribution < 1.29 is 9.84 Å². The number of aliphatic hydroxyl groups excluding tert-OH is 1. The van der Waals surface area contributed by atoms with Crippen LogP contribution in [-0.4, -0.2) is 39.8 Å². The van der Waals surface area contributed by atoms with Crippen molar-refractivity contribution >= 4 is 10.9 Å². The van der Waals surface area contributed by atoms with Crippen molar-refractivity contribution in [3.05, 3.63) is 77.4 Å². The Hall–Kier alpha value is -2.63. The molecule has 3 aromatic rings. The highest BCUT2D eigenvalue weighted by Gasteiger charge is 2.32. The Kier molecular flexibility index (Phi) is 5.67. The van der Waals surface area contributed by atoms with Crippen LogP contribution in [0.4, 0.5) is 0 Å². The van der Waals surface area contributed by atoms with E-state index in [4.69, 9.17) is 4.74 Å². The second-order valence-electron chi connectivity index (χ2n) is 8.66. The van der Waals surface area contributed by atoms with Crippen LogP contribution in [0.3, 0.4) is 0 Å². The lowest BCUT2D eigenvalue weighted by atomic mass is 9.96. The number of rotatable bonds is 7. The number of benzene rings is 1. The van der Waals surface area contributed by atoms with Gasteiger partial charge in [0.15, 0.2) is 0 Å². The number of aryl methyl sites for hydroxylation is 1. The van der Waals surface area contributed by atoms with Gasteiger partial charge in [0.1, 0.15) is 5.60 Å². The van der Waals surface area contributed by atoms with Crippen LogP contribution >= 0.6 is 0 Å². The molecule has 1 unspecified atom stereocenters. The van der Waals surface area contributed by atoms with Gasteiger partial charge < -0.3 is 19.3 Å². The summed E-state index contributed by atoms with van der Waals surface area (Å²) in [4.78, 5) is 6.72. The van der Waals surface area contributed by atoms with E-state index in [0.717, 1.165) is 25.1 Å². The monoisotopic (exact) mass is 405 g/mol. The number of hydrogen-bond donors (Lipinski definition) is 1. The maximum Gasteiger partial charge on any atom is 0.110 e. The first kappa shape index (κ1) is 20.6. The summed E-state index contributed by atoms with van der Waals surface area (Å²) in [5.41, 5.74) is 5.83. The minimum absolute atomic E-state index is 0.144. The molecule has 1 aliphatic heterocycles. The summed E-state index contributed by atoms with van der Waals surface area (Å²) in [5, 5.41) is 10.9. The van der Waals surface area contributed by atoms with Gasteiger partial charge in [0, 0.05) is 60.5 Å². The summed E-state index contributed by atoms with van der Waals surface area (Å²) in [6.07, 6.45) is 5.11. The van der Waals surface area contributed by atoms with Crippen molar-refractivity contribution in [2.24, 2.45) is 0 Å². The minimum atomic E-state index is -0.572. The first-order valence-corrected chi connectivity index (χ1v) is 10.6. The molecule has 158 valence electrons. The highest BCUT2D eigenvalue weighted by Crippen LogP contribution is 2.35. The predicted octanol–water partition coefficient (Wildman–Crippen LogP) is 4.73. The standard InChI is InChI=1S/C25H31N3O2/c1-18-7-8-23-21(14-18)22-16-27(4)12-9-24(22)28(23)17-25(3,30-13-10-19(2)29)20-6-5-11-26-15-20/h5-8,11,14-15,29H,2,9-10,12-13,16-17H2,1,3-4H3. The number of nitrogens with zero attached hydrogens (tertiary/aromatic N) is 3. The molecule has 4 rings (SSSR count). The van der Waals surface area contributed by atoms with Crippen molar-refractivity contribution in [1.29, 1.82) is 0 Å². The van der Waals surface area contributed by atoms with Gasteiger partial charge in [0.2, 0.25) is 0 Å². The van der Waals surface area contributed by atoms with E-state index in [2.05, 4.69) is 66.2 Å². The van der Waals surface area contributed by atoms with Crippen LogP contribution in [-0.2, 0) is 29.8 Å². The van der Waals surface area contributed by atoms with E-state index in [-0.39, 0.29) is 5.76 Å². The van der Waals surface area contributed by atoms with Gasteiger partial charge in [-0.25, -0.2) is 0 Å². The number of ether oxygens (including phenoxy) is 1. The van der Waals surface area contributed by atoms with Gasteiger partial charge in [-0.05, 0) is 44.7 Å². The Morgan fingerprint density at radius 3 is 2.90 bits per heavy atom. The van der Waals surface area contributed by atoms with E-state index in [1.165, 1.54) is 27.7 Å². The smallest absolute Gasteiger partial charge is 0.110 e. The third-order valence-electron chi connectivity index (χ3n) is 6.14. The molecule has 1 aliphatic rings. The molecular weight excluding hydrogens is 374 g/mol. The number of pyridine rings is 1. The highest BCUT2D eigenvalue weighted by molar-refractivity contribution is 5.86. The molecule has 0 saturated heterocycles. The molecule has 5 heteroatoms. The lowest BCUT2D eigenvalue weighted by Gasteiger charge is -2.33. The van der Waals surface area contributed by atoms with Gasteiger partial charge in [-0.2, -0.15) is 0 Å². The molecule has 0 radical (unpaired) electrons. The number of aromatic nitrogens is 2. The van der Waals surface area contributed by atoms with Crippen LogP contribution in [0, 0.1) is 6.92 Å². The molecule has 3 heterocycles.